The van der Waals surface area contributed by atoms with Gasteiger partial charge in [-0.15, -0.1) is 0 Å². The van der Waals surface area contributed by atoms with Gasteiger partial charge in [-0.1, -0.05) is 6.07 Å². The van der Waals surface area contributed by atoms with Gasteiger partial charge in [0, 0.05) is 56.6 Å². The van der Waals surface area contributed by atoms with E-state index in [1.165, 1.54) is 0 Å². The number of anilines is 1. The Hall–Kier alpha value is -1.17. The fraction of sp³-hybridized carbons (Fsp3) is 0.625. The molecule has 2 heterocycles. The second-order valence-electron chi connectivity index (χ2n) is 5.97. The van der Waals surface area contributed by atoms with Gasteiger partial charge in [0.1, 0.15) is 5.82 Å². The van der Waals surface area contributed by atoms with E-state index in [2.05, 4.69) is 22.0 Å². The summed E-state index contributed by atoms with van der Waals surface area (Å²) < 4.78 is 19.7. The van der Waals surface area contributed by atoms with Crippen LogP contribution in [-0.2, 0) is 11.3 Å². The monoisotopic (exact) mass is 293 g/mol. The first-order valence-corrected chi connectivity index (χ1v) is 7.79. The zero-order valence-electron chi connectivity index (χ0n) is 12.6. The molecule has 0 spiro atoms. The molecule has 5 heteroatoms. The number of ether oxygens (including phenoxy) is 1. The van der Waals surface area contributed by atoms with Crippen LogP contribution in [0.1, 0.15) is 12.5 Å². The smallest absolute Gasteiger partial charge is 0.129 e. The summed E-state index contributed by atoms with van der Waals surface area (Å²) in [5, 5.41) is 3.41. The summed E-state index contributed by atoms with van der Waals surface area (Å²) in [7, 11) is 0. The maximum atomic E-state index is 14.4. The predicted octanol–water partition coefficient (Wildman–Crippen LogP) is 1.46. The Morgan fingerprint density at radius 2 is 2.10 bits per heavy atom. The van der Waals surface area contributed by atoms with E-state index in [0.717, 1.165) is 57.2 Å². The topological polar surface area (TPSA) is 27.7 Å². The molecule has 4 nitrogen and oxygen atoms in total. The van der Waals surface area contributed by atoms with Crippen LogP contribution in [0.4, 0.5) is 10.1 Å². The summed E-state index contributed by atoms with van der Waals surface area (Å²) in [6.45, 7) is 8.94. The summed E-state index contributed by atoms with van der Waals surface area (Å²) in [5.41, 5.74) is 1.76. The van der Waals surface area contributed by atoms with E-state index in [0.29, 0.717) is 12.6 Å². The number of nitrogens with zero attached hydrogens (tertiary/aromatic N) is 2. The van der Waals surface area contributed by atoms with E-state index in [9.17, 15) is 4.39 Å². The molecule has 2 fully saturated rings. The quantitative estimate of drug-likeness (QED) is 0.913. The number of rotatable bonds is 3. The molecule has 0 aromatic heterocycles. The fourth-order valence-corrected chi connectivity index (χ4v) is 3.08. The molecule has 2 saturated heterocycles. The third kappa shape index (κ3) is 3.73. The average molecular weight is 293 g/mol. The molecule has 0 saturated carbocycles. The Labute approximate surface area is 125 Å². The van der Waals surface area contributed by atoms with Crippen molar-refractivity contribution >= 4 is 5.69 Å². The van der Waals surface area contributed by atoms with Crippen molar-refractivity contribution in [1.82, 2.24) is 10.2 Å². The zero-order chi connectivity index (χ0) is 14.7. The molecule has 1 N–H and O–H groups in total. The number of benzene rings is 1. The Morgan fingerprint density at radius 1 is 1.29 bits per heavy atom. The highest BCUT2D eigenvalue weighted by Crippen LogP contribution is 2.21. The fourth-order valence-electron chi connectivity index (χ4n) is 3.08. The van der Waals surface area contributed by atoms with Gasteiger partial charge in [-0.3, -0.25) is 4.90 Å². The number of morpholine rings is 1. The summed E-state index contributed by atoms with van der Waals surface area (Å²) in [5.74, 6) is -0.0924. The van der Waals surface area contributed by atoms with Crippen LogP contribution >= 0.6 is 0 Å². The molecule has 1 atom stereocenters. The molecule has 0 aliphatic carbocycles. The van der Waals surface area contributed by atoms with E-state index in [-0.39, 0.29) is 5.82 Å². The molecule has 0 bridgehead atoms. The molecule has 116 valence electrons. The van der Waals surface area contributed by atoms with Crippen molar-refractivity contribution in [1.29, 1.82) is 0 Å². The van der Waals surface area contributed by atoms with Gasteiger partial charge in [0.2, 0.25) is 0 Å². The number of hydrogen-bond acceptors (Lipinski definition) is 4. The minimum atomic E-state index is -0.0924. The number of halogens is 1. The Morgan fingerprint density at radius 3 is 2.81 bits per heavy atom. The van der Waals surface area contributed by atoms with Crippen molar-refractivity contribution in [3.63, 3.8) is 0 Å². The Bertz CT molecular complexity index is 477. The highest BCUT2D eigenvalue weighted by Gasteiger charge is 2.18. The maximum absolute atomic E-state index is 14.4. The van der Waals surface area contributed by atoms with Gasteiger partial charge in [-0.2, -0.15) is 0 Å². The lowest BCUT2D eigenvalue weighted by atomic mass is 10.1. The largest absolute Gasteiger partial charge is 0.378 e. The molecule has 2 aliphatic heterocycles. The third-order valence-corrected chi connectivity index (χ3v) is 4.26. The van der Waals surface area contributed by atoms with Gasteiger partial charge >= 0.3 is 0 Å². The zero-order valence-corrected chi connectivity index (χ0v) is 12.6. The first kappa shape index (κ1) is 14.8. The van der Waals surface area contributed by atoms with Gasteiger partial charge in [0.05, 0.1) is 13.2 Å². The minimum Gasteiger partial charge on any atom is -0.378 e. The highest BCUT2D eigenvalue weighted by atomic mass is 19.1. The lowest BCUT2D eigenvalue weighted by Gasteiger charge is -2.32. The van der Waals surface area contributed by atoms with E-state index >= 15 is 0 Å². The second kappa shape index (κ2) is 6.73. The molecule has 21 heavy (non-hydrogen) atoms. The molecular formula is C16H24FN3O. The van der Waals surface area contributed by atoms with E-state index in [1.54, 1.807) is 6.07 Å². The van der Waals surface area contributed by atoms with Gasteiger partial charge in [0.25, 0.3) is 0 Å². The van der Waals surface area contributed by atoms with E-state index < -0.39 is 0 Å². The number of hydrogen-bond donors (Lipinski definition) is 1. The van der Waals surface area contributed by atoms with Crippen LogP contribution in [0.15, 0.2) is 18.2 Å². The standard InChI is InChI=1S/C16H24FN3O/c1-13-11-19(5-4-18-13)12-14-2-3-15(10-16(14)17)20-6-8-21-9-7-20/h2-3,10,13,18H,4-9,11-12H2,1H3/t13-/m0/s1. The Kier molecular flexibility index (Phi) is 4.73. The van der Waals surface area contributed by atoms with Crippen LogP contribution in [0.25, 0.3) is 0 Å². The van der Waals surface area contributed by atoms with Gasteiger partial charge in [0.15, 0.2) is 0 Å². The lowest BCUT2D eigenvalue weighted by molar-refractivity contribution is 0.122. The summed E-state index contributed by atoms with van der Waals surface area (Å²) in [4.78, 5) is 4.50. The third-order valence-electron chi connectivity index (χ3n) is 4.26. The first-order valence-electron chi connectivity index (χ1n) is 7.79. The summed E-state index contributed by atoms with van der Waals surface area (Å²) >= 11 is 0. The average Bonchev–Trinajstić information content (AvgIpc) is 2.50. The van der Waals surface area contributed by atoms with Crippen molar-refractivity contribution < 1.29 is 9.13 Å². The highest BCUT2D eigenvalue weighted by molar-refractivity contribution is 5.48. The van der Waals surface area contributed by atoms with Crippen LogP contribution < -0.4 is 10.2 Å². The first-order chi connectivity index (χ1) is 10.2. The van der Waals surface area contributed by atoms with Crippen LogP contribution in [-0.4, -0.2) is 56.9 Å². The van der Waals surface area contributed by atoms with E-state index in [1.807, 2.05) is 12.1 Å². The molecule has 0 unspecified atom stereocenters. The molecule has 3 rings (SSSR count). The van der Waals surface area contributed by atoms with Crippen molar-refractivity contribution in [3.8, 4) is 0 Å². The molecular weight excluding hydrogens is 269 g/mol. The molecule has 0 amide bonds. The van der Waals surface area contributed by atoms with Crippen molar-refractivity contribution in [2.45, 2.75) is 19.5 Å². The van der Waals surface area contributed by atoms with Gasteiger partial charge < -0.3 is 15.0 Å². The van der Waals surface area contributed by atoms with Crippen LogP contribution in [0.3, 0.4) is 0 Å². The second-order valence-corrected chi connectivity index (χ2v) is 5.97. The normalized spacial score (nSPS) is 24.3. The van der Waals surface area contributed by atoms with Crippen molar-refractivity contribution in [2.75, 3.05) is 50.8 Å². The van der Waals surface area contributed by atoms with Crippen molar-refractivity contribution in [3.05, 3.63) is 29.6 Å². The van der Waals surface area contributed by atoms with Gasteiger partial charge in [-0.05, 0) is 19.1 Å². The number of nitrogens with one attached hydrogen (secondary N) is 1. The van der Waals surface area contributed by atoms with E-state index in [4.69, 9.17) is 4.74 Å². The lowest BCUT2D eigenvalue weighted by Crippen LogP contribution is -2.48. The molecule has 2 aliphatic rings. The maximum Gasteiger partial charge on any atom is 0.129 e. The van der Waals surface area contributed by atoms with Crippen LogP contribution in [0.5, 0.6) is 0 Å². The molecule has 1 aromatic rings. The summed E-state index contributed by atoms with van der Waals surface area (Å²) in [6, 6.07) is 6.13. The molecule has 1 aromatic carbocycles. The molecule has 0 radical (unpaired) electrons. The van der Waals surface area contributed by atoms with Gasteiger partial charge in [-0.25, -0.2) is 4.39 Å². The summed E-state index contributed by atoms with van der Waals surface area (Å²) in [6.07, 6.45) is 0. The minimum absolute atomic E-state index is 0.0924. The van der Waals surface area contributed by atoms with Crippen LogP contribution in [0.2, 0.25) is 0 Å². The van der Waals surface area contributed by atoms with Crippen molar-refractivity contribution in [2.24, 2.45) is 0 Å². The number of piperazine rings is 1. The predicted molar refractivity (Wildman–Crippen MR) is 82.2 cm³/mol. The van der Waals surface area contributed by atoms with Crippen LogP contribution in [0, 0.1) is 5.82 Å². The Balaban J connectivity index is 1.66. The SMILES string of the molecule is C[C@H]1CN(Cc2ccc(N3CCOCC3)cc2F)CCN1.